The highest BCUT2D eigenvalue weighted by atomic mass is 19.1. The van der Waals surface area contributed by atoms with Gasteiger partial charge in [-0.3, -0.25) is 4.79 Å². The second-order valence-corrected chi connectivity index (χ2v) is 12.5. The van der Waals surface area contributed by atoms with E-state index < -0.39 is 17.4 Å². The second-order valence-electron chi connectivity index (χ2n) is 12.5. The molecule has 0 radical (unpaired) electrons. The summed E-state index contributed by atoms with van der Waals surface area (Å²) in [6.45, 7) is 1.35. The van der Waals surface area contributed by atoms with Crippen LogP contribution < -0.4 is 10.5 Å². The fraction of sp³-hybridized carbons (Fsp3) is 0.364. The molecule has 3 fully saturated rings. The summed E-state index contributed by atoms with van der Waals surface area (Å²) in [6, 6.07) is 10.8. The van der Waals surface area contributed by atoms with E-state index in [1.54, 1.807) is 25.3 Å². The number of fused-ring (bicyclic) bond motifs is 4. The number of methoxy groups -OCH3 is 1. The van der Waals surface area contributed by atoms with Gasteiger partial charge in [0.1, 0.15) is 34.3 Å². The normalized spacial score (nSPS) is 21.2. The summed E-state index contributed by atoms with van der Waals surface area (Å²) >= 11 is 0. The highest BCUT2D eigenvalue weighted by Crippen LogP contribution is 2.40. The van der Waals surface area contributed by atoms with Gasteiger partial charge in [0.2, 0.25) is 0 Å². The standard InChI is InChI=1S/C33H32F2N6O3/c1-39-30-24(9-19(11-27(30)44-2)33(43)41-15-18-6-8-25(41)29(18)36)38-32(39)26-10-17-5-7-23(28-21(34)12-20(42)13-22(28)35)37-31(17)40(26)14-16-3-4-16/h5,7,9-13,16,18,25,29,42H,3-4,6,8,14-15,36H2,1-2H3/t18-,25-,29-/m1/s1. The summed E-state index contributed by atoms with van der Waals surface area (Å²) < 4.78 is 39.4. The summed E-state index contributed by atoms with van der Waals surface area (Å²) in [5.41, 5.74) is 9.52. The lowest BCUT2D eigenvalue weighted by atomic mass is 10.1. The molecule has 2 saturated carbocycles. The SMILES string of the molecule is COc1cc(C(=O)N2C[C@H]3CC[C@@H]2[C@@H]3N)cc2nc(-c3cc4ccc(-c5c(F)cc(O)cc5F)nc4n3CC3CC3)n(C)c12. The van der Waals surface area contributed by atoms with Crippen molar-refractivity contribution in [1.82, 2.24) is 24.0 Å². The molecular formula is C33H32F2N6O3. The Kier molecular flexibility index (Phi) is 6.00. The van der Waals surface area contributed by atoms with Crippen LogP contribution >= 0.6 is 0 Å². The van der Waals surface area contributed by atoms with Crippen molar-refractivity contribution in [1.29, 1.82) is 0 Å². The van der Waals surface area contributed by atoms with Gasteiger partial charge in [0.15, 0.2) is 5.82 Å². The zero-order valence-corrected chi connectivity index (χ0v) is 24.4. The minimum Gasteiger partial charge on any atom is -0.508 e. The minimum atomic E-state index is -0.883. The quantitative estimate of drug-likeness (QED) is 0.277. The van der Waals surface area contributed by atoms with Gasteiger partial charge in [0, 0.05) is 55.3 Å². The number of nitrogens with zero attached hydrogens (tertiary/aromatic N) is 5. The molecule has 3 aromatic heterocycles. The summed E-state index contributed by atoms with van der Waals surface area (Å²) in [7, 11) is 3.49. The van der Waals surface area contributed by atoms with Crippen LogP contribution in [0.4, 0.5) is 8.78 Å². The highest BCUT2D eigenvalue weighted by Gasteiger charge is 2.47. The molecule has 0 spiro atoms. The van der Waals surface area contributed by atoms with Gasteiger partial charge >= 0.3 is 0 Å². The Bertz CT molecular complexity index is 1970. The Labute approximate surface area is 251 Å². The maximum Gasteiger partial charge on any atom is 0.254 e. The zero-order valence-electron chi connectivity index (χ0n) is 24.4. The van der Waals surface area contributed by atoms with Crippen LogP contribution in [0.5, 0.6) is 11.5 Å². The Morgan fingerprint density at radius 2 is 1.84 bits per heavy atom. The predicted molar refractivity (Wildman–Crippen MR) is 161 cm³/mol. The fourth-order valence-corrected chi connectivity index (χ4v) is 7.27. The van der Waals surface area contributed by atoms with Crippen LogP contribution in [0.25, 0.3) is 44.8 Å². The number of piperidine rings is 1. The molecular weight excluding hydrogens is 566 g/mol. The Balaban J connectivity index is 1.25. The predicted octanol–water partition coefficient (Wildman–Crippen LogP) is 5.22. The van der Waals surface area contributed by atoms with Crippen molar-refractivity contribution in [2.75, 3.05) is 13.7 Å². The van der Waals surface area contributed by atoms with E-state index in [4.69, 9.17) is 20.4 Å². The molecule has 3 atom stereocenters. The average molecular weight is 599 g/mol. The number of pyridine rings is 1. The summed E-state index contributed by atoms with van der Waals surface area (Å²) in [4.78, 5) is 25.3. The number of rotatable bonds is 6. The molecule has 5 aromatic rings. The Morgan fingerprint density at radius 3 is 2.50 bits per heavy atom. The molecule has 1 saturated heterocycles. The highest BCUT2D eigenvalue weighted by molar-refractivity contribution is 6.00. The van der Waals surface area contributed by atoms with Gasteiger partial charge in [-0.2, -0.15) is 0 Å². The van der Waals surface area contributed by atoms with Crippen LogP contribution in [0.2, 0.25) is 0 Å². The molecule has 9 nitrogen and oxygen atoms in total. The van der Waals surface area contributed by atoms with Crippen LogP contribution in [0.3, 0.4) is 0 Å². The summed E-state index contributed by atoms with van der Waals surface area (Å²) in [6.07, 6.45) is 4.16. The number of likely N-dealkylation sites (tertiary alicyclic amines) is 1. The number of aromatic nitrogens is 4. The van der Waals surface area contributed by atoms with Gasteiger partial charge in [0.25, 0.3) is 5.91 Å². The first-order valence-electron chi connectivity index (χ1n) is 15.0. The summed E-state index contributed by atoms with van der Waals surface area (Å²) in [5, 5.41) is 10.4. The van der Waals surface area contributed by atoms with E-state index in [0.29, 0.717) is 53.2 Å². The number of phenolic OH excluding ortho intramolecular Hbond substituents is 1. The Hall–Kier alpha value is -4.51. The third kappa shape index (κ3) is 4.09. The summed E-state index contributed by atoms with van der Waals surface area (Å²) in [5.74, 6) is -0.293. The molecule has 226 valence electrons. The topological polar surface area (TPSA) is 111 Å². The molecule has 2 aromatic carbocycles. The van der Waals surface area contributed by atoms with Gasteiger partial charge in [-0.1, -0.05) is 0 Å². The van der Waals surface area contributed by atoms with Crippen molar-refractivity contribution in [2.45, 2.75) is 44.3 Å². The van der Waals surface area contributed by atoms with Crippen molar-refractivity contribution < 1.29 is 23.4 Å². The van der Waals surface area contributed by atoms with Crippen molar-refractivity contribution >= 4 is 28.0 Å². The average Bonchev–Trinajstić information content (AvgIpc) is 3.40. The molecule has 3 N–H and O–H groups in total. The van der Waals surface area contributed by atoms with E-state index in [0.717, 1.165) is 54.4 Å². The Morgan fingerprint density at radius 1 is 1.07 bits per heavy atom. The number of halogens is 2. The first-order valence-corrected chi connectivity index (χ1v) is 15.0. The third-order valence-electron chi connectivity index (χ3n) is 9.71. The van der Waals surface area contributed by atoms with Gasteiger partial charge in [0.05, 0.1) is 29.6 Å². The number of carbonyl (C=O) groups is 1. The van der Waals surface area contributed by atoms with Crippen LogP contribution in [-0.2, 0) is 13.6 Å². The maximum absolute atomic E-state index is 14.8. The fourth-order valence-electron chi connectivity index (χ4n) is 7.27. The lowest BCUT2D eigenvalue weighted by Gasteiger charge is -2.27. The first kappa shape index (κ1) is 27.1. The minimum absolute atomic E-state index is 0.0237. The van der Waals surface area contributed by atoms with Crippen LogP contribution in [-0.4, -0.2) is 60.8 Å². The molecule has 0 unspecified atom stereocenters. The number of phenols is 1. The van der Waals surface area contributed by atoms with E-state index in [9.17, 15) is 18.7 Å². The molecule has 11 heteroatoms. The van der Waals surface area contributed by atoms with Gasteiger partial charge in [-0.25, -0.2) is 18.7 Å². The van der Waals surface area contributed by atoms with Gasteiger partial charge < -0.3 is 29.6 Å². The van der Waals surface area contributed by atoms with Gasteiger partial charge in [-0.15, -0.1) is 0 Å². The number of carbonyl (C=O) groups excluding carboxylic acids is 1. The molecule has 2 aliphatic carbocycles. The largest absolute Gasteiger partial charge is 0.508 e. The van der Waals surface area contributed by atoms with Crippen LogP contribution in [0.1, 0.15) is 36.0 Å². The number of aryl methyl sites for hydroxylation is 1. The molecule has 4 heterocycles. The number of benzene rings is 2. The van der Waals surface area contributed by atoms with Crippen molar-refractivity contribution in [3.8, 4) is 34.3 Å². The van der Waals surface area contributed by atoms with Gasteiger partial charge in [-0.05, 0) is 67.9 Å². The number of hydrogen-bond acceptors (Lipinski definition) is 6. The molecule has 2 bridgehead atoms. The van der Waals surface area contributed by atoms with Crippen molar-refractivity contribution in [3.63, 3.8) is 0 Å². The van der Waals surface area contributed by atoms with E-state index >= 15 is 0 Å². The zero-order chi connectivity index (χ0) is 30.4. The second kappa shape index (κ2) is 9.75. The molecule has 8 rings (SSSR count). The number of ether oxygens (including phenoxy) is 1. The first-order chi connectivity index (χ1) is 21.2. The molecule has 1 amide bonds. The van der Waals surface area contributed by atoms with Crippen molar-refractivity contribution in [2.24, 2.45) is 24.6 Å². The molecule has 1 aliphatic heterocycles. The number of hydrogen-bond donors (Lipinski definition) is 2. The van der Waals surface area contributed by atoms with Crippen LogP contribution in [0, 0.1) is 23.5 Å². The number of amides is 1. The van der Waals surface area contributed by atoms with Crippen molar-refractivity contribution in [3.05, 3.63) is 59.7 Å². The lowest BCUT2D eigenvalue weighted by Crippen LogP contribution is -2.41. The third-order valence-corrected chi connectivity index (χ3v) is 9.71. The van der Waals surface area contributed by atoms with E-state index in [1.165, 1.54) is 0 Å². The number of aromatic hydroxyl groups is 1. The smallest absolute Gasteiger partial charge is 0.254 e. The van der Waals surface area contributed by atoms with E-state index in [2.05, 4.69) is 4.57 Å². The van der Waals surface area contributed by atoms with E-state index in [-0.39, 0.29) is 29.2 Å². The van der Waals surface area contributed by atoms with E-state index in [1.807, 2.05) is 28.6 Å². The molecule has 44 heavy (non-hydrogen) atoms. The molecule has 3 aliphatic rings. The monoisotopic (exact) mass is 598 g/mol. The number of imidazole rings is 1. The van der Waals surface area contributed by atoms with Crippen LogP contribution in [0.15, 0.2) is 42.5 Å². The lowest BCUT2D eigenvalue weighted by molar-refractivity contribution is 0.0700. The number of nitrogens with two attached hydrogens (primary N) is 1. The maximum atomic E-state index is 14.8.